The van der Waals surface area contributed by atoms with Gasteiger partial charge in [0.1, 0.15) is 12.1 Å². The second-order valence-electron chi connectivity index (χ2n) is 6.52. The van der Waals surface area contributed by atoms with Crippen LogP contribution in [0.4, 0.5) is 0 Å². The smallest absolute Gasteiger partial charge is 0.249 e. The molecule has 0 aliphatic carbocycles. The molecule has 2 atom stereocenters. The molecule has 2 aromatic rings. The second-order valence-corrected chi connectivity index (χ2v) is 6.52. The summed E-state index contributed by atoms with van der Waals surface area (Å²) in [6.07, 6.45) is 3.72. The lowest BCUT2D eigenvalue weighted by molar-refractivity contribution is -0.138. The second kappa shape index (κ2) is 6.66. The van der Waals surface area contributed by atoms with Gasteiger partial charge in [-0.2, -0.15) is 4.98 Å². The Morgan fingerprint density at radius 2 is 2.04 bits per heavy atom. The molecule has 1 aromatic heterocycles. The molecule has 3 heterocycles. The molecule has 2 aliphatic rings. The molecule has 2 fully saturated rings. The first kappa shape index (κ1) is 15.8. The molecule has 0 radical (unpaired) electrons. The van der Waals surface area contributed by atoms with Gasteiger partial charge in [-0.1, -0.05) is 35.5 Å². The zero-order chi connectivity index (χ0) is 17.2. The van der Waals surface area contributed by atoms with Crippen molar-refractivity contribution < 1.29 is 14.1 Å². The van der Waals surface area contributed by atoms with Crippen LogP contribution in [0.1, 0.15) is 44.0 Å². The van der Waals surface area contributed by atoms with E-state index in [2.05, 4.69) is 15.5 Å². The van der Waals surface area contributed by atoms with Crippen molar-refractivity contribution in [3.8, 4) is 11.4 Å². The first-order valence-electron chi connectivity index (χ1n) is 8.71. The van der Waals surface area contributed by atoms with Crippen LogP contribution < -0.4 is 5.32 Å². The monoisotopic (exact) mass is 340 g/mol. The quantitative estimate of drug-likeness (QED) is 0.924. The number of hydrogen-bond acceptors (Lipinski definition) is 5. The summed E-state index contributed by atoms with van der Waals surface area (Å²) < 4.78 is 5.48. The van der Waals surface area contributed by atoms with Crippen LogP contribution in [0, 0.1) is 0 Å². The van der Waals surface area contributed by atoms with E-state index in [1.807, 2.05) is 30.3 Å². The highest BCUT2D eigenvalue weighted by molar-refractivity contribution is 5.91. The minimum atomic E-state index is -0.426. The van der Waals surface area contributed by atoms with E-state index in [4.69, 9.17) is 4.52 Å². The third kappa shape index (κ3) is 3.14. The summed E-state index contributed by atoms with van der Waals surface area (Å²) in [5, 5.41) is 6.83. The number of benzene rings is 1. The molecule has 1 aromatic carbocycles. The average molecular weight is 340 g/mol. The molecule has 1 N–H and O–H groups in total. The predicted molar refractivity (Wildman–Crippen MR) is 89.2 cm³/mol. The minimum absolute atomic E-state index is 0.0463. The number of carbonyl (C=O) groups excluding carboxylic acids is 2. The number of hydrogen-bond donors (Lipinski definition) is 1. The van der Waals surface area contributed by atoms with Gasteiger partial charge in [-0.3, -0.25) is 9.59 Å². The standard InChI is InChI=1S/C18H20N4O3/c23-15-10-9-13(19-15)18(24)22-11-5-4-8-14(22)17-20-16(21-25-17)12-6-2-1-3-7-12/h1-3,6-7,13-14H,4-5,8-11H2,(H,19,23)/t13-,14+/m1/s1. The van der Waals surface area contributed by atoms with Crippen LogP contribution in [0.2, 0.25) is 0 Å². The summed E-state index contributed by atoms with van der Waals surface area (Å²) in [7, 11) is 0. The molecular weight excluding hydrogens is 320 g/mol. The zero-order valence-electron chi connectivity index (χ0n) is 13.9. The minimum Gasteiger partial charge on any atom is -0.344 e. The Morgan fingerprint density at radius 3 is 2.80 bits per heavy atom. The van der Waals surface area contributed by atoms with Crippen molar-refractivity contribution in [1.29, 1.82) is 0 Å². The lowest BCUT2D eigenvalue weighted by atomic mass is 10.0. The first-order valence-corrected chi connectivity index (χ1v) is 8.71. The van der Waals surface area contributed by atoms with Gasteiger partial charge in [0.2, 0.25) is 23.5 Å². The Labute approximate surface area is 145 Å². The Balaban J connectivity index is 1.56. The predicted octanol–water partition coefficient (Wildman–Crippen LogP) is 2.07. The molecular formula is C18H20N4O3. The van der Waals surface area contributed by atoms with Crippen LogP contribution in [0.3, 0.4) is 0 Å². The number of likely N-dealkylation sites (tertiary alicyclic amines) is 1. The maximum atomic E-state index is 12.8. The van der Waals surface area contributed by atoms with E-state index in [1.165, 1.54) is 0 Å². The van der Waals surface area contributed by atoms with E-state index >= 15 is 0 Å². The van der Waals surface area contributed by atoms with E-state index in [1.54, 1.807) is 4.90 Å². The van der Waals surface area contributed by atoms with Crippen molar-refractivity contribution >= 4 is 11.8 Å². The van der Waals surface area contributed by atoms with Crippen LogP contribution in [-0.2, 0) is 9.59 Å². The van der Waals surface area contributed by atoms with Crippen molar-refractivity contribution in [1.82, 2.24) is 20.4 Å². The van der Waals surface area contributed by atoms with Crippen molar-refractivity contribution in [3.63, 3.8) is 0 Å². The average Bonchev–Trinajstić information content (AvgIpc) is 3.31. The van der Waals surface area contributed by atoms with Crippen molar-refractivity contribution in [2.24, 2.45) is 0 Å². The van der Waals surface area contributed by atoms with Gasteiger partial charge < -0.3 is 14.7 Å². The van der Waals surface area contributed by atoms with Gasteiger partial charge in [0.05, 0.1) is 0 Å². The van der Waals surface area contributed by atoms with Crippen LogP contribution in [-0.4, -0.2) is 39.4 Å². The number of nitrogens with zero attached hydrogens (tertiary/aromatic N) is 3. The number of piperidine rings is 1. The van der Waals surface area contributed by atoms with E-state index in [0.29, 0.717) is 31.1 Å². The van der Waals surface area contributed by atoms with E-state index < -0.39 is 6.04 Å². The highest BCUT2D eigenvalue weighted by Crippen LogP contribution is 2.32. The molecule has 7 heteroatoms. The third-order valence-electron chi connectivity index (χ3n) is 4.84. The molecule has 130 valence electrons. The van der Waals surface area contributed by atoms with Gasteiger partial charge >= 0.3 is 0 Å². The number of aromatic nitrogens is 2. The molecule has 7 nitrogen and oxygen atoms in total. The molecule has 2 aliphatic heterocycles. The summed E-state index contributed by atoms with van der Waals surface area (Å²) in [4.78, 5) is 30.6. The fraction of sp³-hybridized carbons (Fsp3) is 0.444. The van der Waals surface area contributed by atoms with Crippen LogP contribution in [0.15, 0.2) is 34.9 Å². The molecule has 0 unspecified atom stereocenters. The third-order valence-corrected chi connectivity index (χ3v) is 4.84. The highest BCUT2D eigenvalue weighted by Gasteiger charge is 2.37. The Hall–Kier alpha value is -2.70. The molecule has 2 saturated heterocycles. The van der Waals surface area contributed by atoms with Crippen molar-refractivity contribution in [2.45, 2.75) is 44.2 Å². The SMILES string of the molecule is O=C1CC[C@H](C(=O)N2CCCC[C@H]2c2nc(-c3ccccc3)no2)N1. The first-order chi connectivity index (χ1) is 12.2. The number of amides is 2. The van der Waals surface area contributed by atoms with Crippen LogP contribution in [0.5, 0.6) is 0 Å². The Bertz CT molecular complexity index is 774. The molecule has 0 bridgehead atoms. The fourth-order valence-corrected chi connectivity index (χ4v) is 3.53. The number of nitrogens with one attached hydrogen (secondary N) is 1. The molecule has 0 saturated carbocycles. The molecule has 25 heavy (non-hydrogen) atoms. The Kier molecular flexibility index (Phi) is 4.21. The topological polar surface area (TPSA) is 88.3 Å². The summed E-state index contributed by atoms with van der Waals surface area (Å²) in [6.45, 7) is 0.652. The molecule has 4 rings (SSSR count). The van der Waals surface area contributed by atoms with Gasteiger partial charge in [-0.25, -0.2) is 0 Å². The zero-order valence-corrected chi connectivity index (χ0v) is 13.9. The lowest BCUT2D eigenvalue weighted by Gasteiger charge is -2.35. The van der Waals surface area contributed by atoms with E-state index in [0.717, 1.165) is 24.8 Å². The van der Waals surface area contributed by atoms with Gasteiger partial charge in [-0.15, -0.1) is 0 Å². The fourth-order valence-electron chi connectivity index (χ4n) is 3.53. The van der Waals surface area contributed by atoms with Gasteiger partial charge in [0, 0.05) is 18.5 Å². The van der Waals surface area contributed by atoms with Gasteiger partial charge in [-0.05, 0) is 25.7 Å². The molecule has 2 amide bonds. The molecule has 0 spiro atoms. The summed E-state index contributed by atoms with van der Waals surface area (Å²) in [5.41, 5.74) is 0.884. The highest BCUT2D eigenvalue weighted by atomic mass is 16.5. The summed E-state index contributed by atoms with van der Waals surface area (Å²) in [5.74, 6) is 0.894. The summed E-state index contributed by atoms with van der Waals surface area (Å²) >= 11 is 0. The van der Waals surface area contributed by atoms with Crippen LogP contribution >= 0.6 is 0 Å². The number of rotatable bonds is 3. The summed E-state index contributed by atoms with van der Waals surface area (Å²) in [6, 6.07) is 8.98. The normalized spacial score (nSPS) is 23.5. The maximum Gasteiger partial charge on any atom is 0.249 e. The van der Waals surface area contributed by atoms with E-state index in [9.17, 15) is 9.59 Å². The van der Waals surface area contributed by atoms with Crippen molar-refractivity contribution in [3.05, 3.63) is 36.2 Å². The van der Waals surface area contributed by atoms with Crippen LogP contribution in [0.25, 0.3) is 11.4 Å². The lowest BCUT2D eigenvalue weighted by Crippen LogP contribution is -2.47. The van der Waals surface area contributed by atoms with E-state index in [-0.39, 0.29) is 17.9 Å². The Morgan fingerprint density at radius 1 is 1.20 bits per heavy atom. The van der Waals surface area contributed by atoms with Crippen molar-refractivity contribution in [2.75, 3.05) is 6.54 Å². The van der Waals surface area contributed by atoms with Gasteiger partial charge in [0.15, 0.2) is 0 Å². The van der Waals surface area contributed by atoms with Gasteiger partial charge in [0.25, 0.3) is 0 Å². The number of carbonyl (C=O) groups is 2. The largest absolute Gasteiger partial charge is 0.344 e. The maximum absolute atomic E-state index is 12.8.